The number of thiophene rings is 1. The summed E-state index contributed by atoms with van der Waals surface area (Å²) in [4.78, 5) is 5.08. The van der Waals surface area contributed by atoms with Crippen LogP contribution in [0, 0.1) is 11.3 Å². The van der Waals surface area contributed by atoms with Gasteiger partial charge in [0, 0.05) is 6.61 Å². The number of ether oxygens (including phenoxy) is 1. The third-order valence-electron chi connectivity index (χ3n) is 3.02. The third kappa shape index (κ3) is 2.53. The van der Waals surface area contributed by atoms with Crippen molar-refractivity contribution >= 4 is 11.3 Å². The minimum atomic E-state index is -0.555. The number of hydrogen-bond acceptors (Lipinski definition) is 6. The molecule has 0 saturated carbocycles. The molecule has 0 radical (unpaired) electrons. The second-order valence-electron chi connectivity index (χ2n) is 4.22. The van der Waals surface area contributed by atoms with Gasteiger partial charge in [-0.1, -0.05) is 12.1 Å². The predicted molar refractivity (Wildman–Crippen MR) is 71.6 cm³/mol. The highest BCUT2D eigenvalue weighted by molar-refractivity contribution is 7.13. The Morgan fingerprint density at radius 3 is 2.95 bits per heavy atom. The Kier molecular flexibility index (Phi) is 3.98. The van der Waals surface area contributed by atoms with Crippen LogP contribution in [0.4, 0.5) is 0 Å². The van der Waals surface area contributed by atoms with Gasteiger partial charge in [-0.2, -0.15) is 10.2 Å². The maximum Gasteiger partial charge on any atom is 0.269 e. The molecule has 0 fully saturated rings. The highest BCUT2D eigenvalue weighted by Crippen LogP contribution is 2.32. The van der Waals surface area contributed by atoms with Crippen molar-refractivity contribution in [2.75, 3.05) is 6.61 Å². The molecule has 2 heterocycles. The summed E-state index contributed by atoms with van der Waals surface area (Å²) in [6.07, 6.45) is 0.745. The van der Waals surface area contributed by atoms with Gasteiger partial charge in [-0.25, -0.2) is 0 Å². The maximum atomic E-state index is 9.01. The van der Waals surface area contributed by atoms with Crippen LogP contribution in [0.2, 0.25) is 0 Å². The van der Waals surface area contributed by atoms with E-state index < -0.39 is 5.60 Å². The van der Waals surface area contributed by atoms with E-state index in [1.165, 1.54) is 11.3 Å². The first-order valence-corrected chi connectivity index (χ1v) is 6.98. The lowest BCUT2D eigenvalue weighted by Gasteiger charge is -2.23. The molecular formula is C13H15N3O2S. The van der Waals surface area contributed by atoms with Crippen molar-refractivity contribution in [1.82, 2.24) is 10.1 Å². The number of aromatic nitrogens is 2. The fourth-order valence-corrected chi connectivity index (χ4v) is 2.50. The number of hydrogen-bond donors (Lipinski definition) is 0. The zero-order valence-corrected chi connectivity index (χ0v) is 12.0. The summed E-state index contributed by atoms with van der Waals surface area (Å²) < 4.78 is 11.0. The average molecular weight is 277 g/mol. The molecular weight excluding hydrogens is 262 g/mol. The standard InChI is InChI=1S/C13H15N3O2S/c1-4-13(3,17-5-2)12-15-11(18-16-12)10-9(8-14)6-7-19-10/h6-7H,4-5H2,1-3H3. The SMILES string of the molecule is CCOC(C)(CC)c1noc(-c2sccc2C#N)n1. The van der Waals surface area contributed by atoms with Crippen LogP contribution in [0.25, 0.3) is 10.8 Å². The van der Waals surface area contributed by atoms with E-state index in [-0.39, 0.29) is 0 Å². The minimum Gasteiger partial charge on any atom is -0.367 e. The zero-order chi connectivity index (χ0) is 13.9. The van der Waals surface area contributed by atoms with E-state index in [9.17, 15) is 0 Å². The highest BCUT2D eigenvalue weighted by Gasteiger charge is 2.31. The molecule has 0 aliphatic carbocycles. The van der Waals surface area contributed by atoms with Crippen LogP contribution in [0.3, 0.4) is 0 Å². The molecule has 0 aliphatic rings. The number of nitriles is 1. The van der Waals surface area contributed by atoms with E-state index >= 15 is 0 Å². The molecule has 6 heteroatoms. The number of nitrogens with zero attached hydrogens (tertiary/aromatic N) is 3. The first kappa shape index (κ1) is 13.7. The van der Waals surface area contributed by atoms with Crippen molar-refractivity contribution in [3.63, 3.8) is 0 Å². The molecule has 0 bridgehead atoms. The van der Waals surface area contributed by atoms with Gasteiger partial charge in [0.1, 0.15) is 16.5 Å². The van der Waals surface area contributed by atoms with E-state index in [0.717, 1.165) is 6.42 Å². The van der Waals surface area contributed by atoms with Crippen LogP contribution < -0.4 is 0 Å². The fourth-order valence-electron chi connectivity index (χ4n) is 1.74. The molecule has 0 N–H and O–H groups in total. The van der Waals surface area contributed by atoms with Crippen molar-refractivity contribution in [1.29, 1.82) is 5.26 Å². The Morgan fingerprint density at radius 1 is 1.53 bits per heavy atom. The summed E-state index contributed by atoms with van der Waals surface area (Å²) in [5, 5.41) is 14.8. The molecule has 0 amide bonds. The molecule has 2 aromatic rings. The number of rotatable bonds is 5. The topological polar surface area (TPSA) is 71.9 Å². The second kappa shape index (κ2) is 5.51. The van der Waals surface area contributed by atoms with Gasteiger partial charge in [0.15, 0.2) is 0 Å². The van der Waals surface area contributed by atoms with Gasteiger partial charge in [-0.05, 0) is 31.7 Å². The van der Waals surface area contributed by atoms with Crippen LogP contribution in [-0.4, -0.2) is 16.7 Å². The predicted octanol–water partition coefficient (Wildman–Crippen LogP) is 3.33. The van der Waals surface area contributed by atoms with E-state index in [1.54, 1.807) is 6.07 Å². The fraction of sp³-hybridized carbons (Fsp3) is 0.462. The van der Waals surface area contributed by atoms with Gasteiger partial charge in [-0.15, -0.1) is 11.3 Å². The van der Waals surface area contributed by atoms with Gasteiger partial charge in [0.05, 0.1) is 5.56 Å². The molecule has 0 aromatic carbocycles. The lowest BCUT2D eigenvalue weighted by molar-refractivity contribution is -0.0403. The quantitative estimate of drug-likeness (QED) is 0.838. The molecule has 2 rings (SSSR count). The summed E-state index contributed by atoms with van der Waals surface area (Å²) in [5.41, 5.74) is -0.00424. The average Bonchev–Trinajstić information content (AvgIpc) is 3.07. The van der Waals surface area contributed by atoms with Crippen LogP contribution in [0.1, 0.15) is 38.6 Å². The van der Waals surface area contributed by atoms with Crippen molar-refractivity contribution < 1.29 is 9.26 Å². The van der Waals surface area contributed by atoms with Crippen molar-refractivity contribution in [3.05, 3.63) is 22.8 Å². The lowest BCUT2D eigenvalue weighted by Crippen LogP contribution is -2.26. The molecule has 5 nitrogen and oxygen atoms in total. The Balaban J connectivity index is 2.36. The summed E-state index contributed by atoms with van der Waals surface area (Å²) in [7, 11) is 0. The van der Waals surface area contributed by atoms with Crippen LogP contribution in [-0.2, 0) is 10.3 Å². The van der Waals surface area contributed by atoms with Crippen LogP contribution in [0.5, 0.6) is 0 Å². The van der Waals surface area contributed by atoms with Crippen molar-refractivity contribution in [3.8, 4) is 16.8 Å². The molecule has 0 saturated heterocycles. The van der Waals surface area contributed by atoms with Gasteiger partial charge in [0.2, 0.25) is 5.82 Å². The monoisotopic (exact) mass is 277 g/mol. The summed E-state index contributed by atoms with van der Waals surface area (Å²) >= 11 is 1.41. The van der Waals surface area contributed by atoms with E-state index in [4.69, 9.17) is 14.5 Å². The van der Waals surface area contributed by atoms with E-state index in [1.807, 2.05) is 26.2 Å². The molecule has 1 atom stereocenters. The molecule has 19 heavy (non-hydrogen) atoms. The molecule has 2 aromatic heterocycles. The normalized spacial score (nSPS) is 14.0. The van der Waals surface area contributed by atoms with E-state index in [0.29, 0.717) is 28.8 Å². The third-order valence-corrected chi connectivity index (χ3v) is 3.92. The molecule has 1 unspecified atom stereocenters. The van der Waals surface area contributed by atoms with Gasteiger partial charge >= 0.3 is 0 Å². The minimum absolute atomic E-state index is 0.376. The molecule has 0 aliphatic heterocycles. The molecule has 0 spiro atoms. The van der Waals surface area contributed by atoms with Gasteiger partial charge in [0.25, 0.3) is 5.89 Å². The Morgan fingerprint density at radius 2 is 2.32 bits per heavy atom. The summed E-state index contributed by atoms with van der Waals surface area (Å²) in [5.74, 6) is 0.894. The Labute approximate surface area is 115 Å². The zero-order valence-electron chi connectivity index (χ0n) is 11.1. The van der Waals surface area contributed by atoms with Crippen LogP contribution in [0.15, 0.2) is 16.0 Å². The van der Waals surface area contributed by atoms with Gasteiger partial charge in [-0.3, -0.25) is 0 Å². The summed E-state index contributed by atoms with van der Waals surface area (Å²) in [6, 6.07) is 3.85. The largest absolute Gasteiger partial charge is 0.367 e. The van der Waals surface area contributed by atoms with Crippen molar-refractivity contribution in [2.24, 2.45) is 0 Å². The maximum absolute atomic E-state index is 9.01. The summed E-state index contributed by atoms with van der Waals surface area (Å²) in [6.45, 7) is 6.46. The van der Waals surface area contributed by atoms with Gasteiger partial charge < -0.3 is 9.26 Å². The second-order valence-corrected chi connectivity index (χ2v) is 5.13. The Hall–Kier alpha value is -1.71. The molecule has 100 valence electrons. The first-order valence-electron chi connectivity index (χ1n) is 6.10. The van der Waals surface area contributed by atoms with Crippen LogP contribution >= 0.6 is 11.3 Å². The lowest BCUT2D eigenvalue weighted by atomic mass is 10.0. The van der Waals surface area contributed by atoms with Crippen molar-refractivity contribution in [2.45, 2.75) is 32.8 Å². The highest BCUT2D eigenvalue weighted by atomic mass is 32.1. The first-order chi connectivity index (χ1) is 9.14. The smallest absolute Gasteiger partial charge is 0.269 e. The Bertz CT molecular complexity index is 599. The van der Waals surface area contributed by atoms with E-state index in [2.05, 4.69) is 16.2 Å².